The van der Waals surface area contributed by atoms with Crippen molar-refractivity contribution in [3.05, 3.63) is 51.7 Å². The fourth-order valence-electron chi connectivity index (χ4n) is 3.06. The van der Waals surface area contributed by atoms with Crippen molar-refractivity contribution < 1.29 is 22.7 Å². The van der Waals surface area contributed by atoms with E-state index >= 15 is 0 Å². The molecule has 0 fully saturated rings. The Hall–Kier alpha value is -3.04. The van der Waals surface area contributed by atoms with E-state index in [0.29, 0.717) is 31.9 Å². The van der Waals surface area contributed by atoms with Gasteiger partial charge in [0.2, 0.25) is 11.8 Å². The molecule has 1 aliphatic rings. The normalized spacial score (nSPS) is 13.2. The van der Waals surface area contributed by atoms with Crippen molar-refractivity contribution in [3.63, 3.8) is 0 Å². The van der Waals surface area contributed by atoms with Gasteiger partial charge in [-0.05, 0) is 30.5 Å². The molecular weight excluding hydrogens is 389 g/mol. The first kappa shape index (κ1) is 20.7. The number of rotatable bonds is 7. The van der Waals surface area contributed by atoms with Crippen LogP contribution in [0.2, 0.25) is 0 Å². The summed E-state index contributed by atoms with van der Waals surface area (Å²) in [4.78, 5) is 30.0. The first-order valence-electron chi connectivity index (χ1n) is 9.28. The number of halogens is 3. The summed E-state index contributed by atoms with van der Waals surface area (Å²) in [6.07, 6.45) is 1.50. The molecule has 0 bridgehead atoms. The van der Waals surface area contributed by atoms with E-state index in [1.54, 1.807) is 4.90 Å². The number of benzene rings is 1. The summed E-state index contributed by atoms with van der Waals surface area (Å²) in [7, 11) is 0. The van der Waals surface area contributed by atoms with Gasteiger partial charge in [0.05, 0.1) is 6.54 Å². The molecule has 0 atom stereocenters. The van der Waals surface area contributed by atoms with E-state index in [2.05, 4.69) is 10.3 Å². The Balaban J connectivity index is 1.78. The third-order valence-electron chi connectivity index (χ3n) is 4.44. The number of hydrogen-bond acceptors (Lipinski definition) is 5. The van der Waals surface area contributed by atoms with E-state index in [4.69, 9.17) is 4.74 Å². The zero-order valence-electron chi connectivity index (χ0n) is 15.9. The fraction of sp³-hybridized carbons (Fsp3) is 0.421. The molecule has 0 spiro atoms. The molecule has 0 saturated heterocycles. The predicted octanol–water partition coefficient (Wildman–Crippen LogP) is 1.98. The van der Waals surface area contributed by atoms with Crippen molar-refractivity contribution in [2.45, 2.75) is 32.9 Å². The molecule has 0 aliphatic carbocycles. The van der Waals surface area contributed by atoms with Crippen LogP contribution in [-0.4, -0.2) is 35.1 Å². The predicted molar refractivity (Wildman–Crippen MR) is 99.3 cm³/mol. The number of nitrogens with one attached hydrogen (secondary N) is 1. The van der Waals surface area contributed by atoms with Gasteiger partial charge in [-0.25, -0.2) is 18.0 Å². The van der Waals surface area contributed by atoms with Gasteiger partial charge in [-0.15, -0.1) is 0 Å². The number of carbonyl (C=O) groups excluding carboxylic acids is 1. The van der Waals surface area contributed by atoms with E-state index in [1.165, 1.54) is 10.6 Å². The largest absolute Gasteiger partial charge is 0.473 e. The number of aromatic nitrogens is 2. The molecule has 7 nitrogen and oxygen atoms in total. The highest BCUT2D eigenvalue weighted by Gasteiger charge is 2.22. The summed E-state index contributed by atoms with van der Waals surface area (Å²) in [5.41, 5.74) is -0.496. The summed E-state index contributed by atoms with van der Waals surface area (Å²) in [6.45, 7) is 3.33. The van der Waals surface area contributed by atoms with Crippen LogP contribution in [0.25, 0.3) is 0 Å². The van der Waals surface area contributed by atoms with E-state index in [-0.39, 0.29) is 30.5 Å². The number of hydrogen-bond donors (Lipinski definition) is 1. The van der Waals surface area contributed by atoms with Gasteiger partial charge in [0.25, 0.3) is 0 Å². The van der Waals surface area contributed by atoms with Crippen LogP contribution in [0.1, 0.15) is 25.3 Å². The third-order valence-corrected chi connectivity index (χ3v) is 4.44. The van der Waals surface area contributed by atoms with Crippen LogP contribution in [0.4, 0.5) is 19.0 Å². The van der Waals surface area contributed by atoms with Gasteiger partial charge >= 0.3 is 5.69 Å². The Bertz CT molecular complexity index is 941. The molecule has 1 aromatic carbocycles. The summed E-state index contributed by atoms with van der Waals surface area (Å²) in [5.74, 6) is -3.94. The molecule has 1 amide bonds. The van der Waals surface area contributed by atoms with Gasteiger partial charge in [-0.2, -0.15) is 4.98 Å². The second kappa shape index (κ2) is 8.97. The standard InChI is InChI=1S/C19H21F3N4O3/c1-2-4-23-15(27)10-25-5-3-6-26-17(25)9-16(24-19(26)28)29-11-12-7-13(20)18(22)14(21)8-12/h7-9H,2-6,10-11H2,1H3,(H,23,27). The smallest absolute Gasteiger partial charge is 0.352 e. The molecule has 3 rings (SSSR count). The number of nitrogens with zero attached hydrogens (tertiary/aromatic N) is 3. The van der Waals surface area contributed by atoms with E-state index in [0.717, 1.165) is 18.6 Å². The molecule has 1 N–H and O–H groups in total. The second-order valence-electron chi connectivity index (χ2n) is 6.67. The van der Waals surface area contributed by atoms with Gasteiger partial charge in [0, 0.05) is 25.7 Å². The van der Waals surface area contributed by atoms with Crippen LogP contribution in [0.15, 0.2) is 23.0 Å². The molecule has 1 aliphatic heterocycles. The summed E-state index contributed by atoms with van der Waals surface area (Å²) in [6, 6.07) is 3.13. The van der Waals surface area contributed by atoms with E-state index in [9.17, 15) is 22.8 Å². The van der Waals surface area contributed by atoms with Crippen LogP contribution < -0.4 is 20.6 Å². The third kappa shape index (κ3) is 4.87. The Morgan fingerprint density at radius 1 is 1.21 bits per heavy atom. The average Bonchev–Trinajstić information content (AvgIpc) is 2.69. The highest BCUT2D eigenvalue weighted by Crippen LogP contribution is 2.22. The average molecular weight is 410 g/mol. The Labute approximate surface area is 165 Å². The summed E-state index contributed by atoms with van der Waals surface area (Å²) in [5, 5.41) is 2.78. The van der Waals surface area contributed by atoms with Crippen LogP contribution in [0.5, 0.6) is 5.88 Å². The number of anilines is 1. The van der Waals surface area contributed by atoms with Gasteiger partial charge < -0.3 is 15.0 Å². The number of carbonyl (C=O) groups is 1. The SMILES string of the molecule is CCCNC(=O)CN1CCCn2c1cc(OCc1cc(F)c(F)c(F)c1)nc2=O. The minimum Gasteiger partial charge on any atom is -0.473 e. The molecule has 29 heavy (non-hydrogen) atoms. The van der Waals surface area contributed by atoms with Crippen LogP contribution in [0.3, 0.4) is 0 Å². The number of amides is 1. The van der Waals surface area contributed by atoms with Crippen LogP contribution in [-0.2, 0) is 17.9 Å². The summed E-state index contributed by atoms with van der Waals surface area (Å²) < 4.78 is 46.6. The van der Waals surface area contributed by atoms with Gasteiger partial charge in [-0.1, -0.05) is 6.92 Å². The lowest BCUT2D eigenvalue weighted by Gasteiger charge is -2.31. The first-order chi connectivity index (χ1) is 13.9. The Morgan fingerprint density at radius 3 is 2.62 bits per heavy atom. The topological polar surface area (TPSA) is 76.5 Å². The number of ether oxygens (including phenoxy) is 1. The lowest BCUT2D eigenvalue weighted by Crippen LogP contribution is -2.44. The lowest BCUT2D eigenvalue weighted by atomic mass is 10.2. The lowest BCUT2D eigenvalue weighted by molar-refractivity contribution is -0.119. The number of fused-ring (bicyclic) bond motifs is 1. The van der Waals surface area contributed by atoms with Crippen molar-refractivity contribution in [2.75, 3.05) is 24.5 Å². The van der Waals surface area contributed by atoms with Crippen molar-refractivity contribution in [1.29, 1.82) is 0 Å². The zero-order valence-corrected chi connectivity index (χ0v) is 15.9. The molecule has 2 heterocycles. The van der Waals surface area contributed by atoms with Crippen molar-refractivity contribution in [1.82, 2.24) is 14.9 Å². The quantitative estimate of drug-likeness (QED) is 0.707. The monoisotopic (exact) mass is 410 g/mol. The van der Waals surface area contributed by atoms with Crippen LogP contribution >= 0.6 is 0 Å². The van der Waals surface area contributed by atoms with Crippen LogP contribution in [0, 0.1) is 17.5 Å². The van der Waals surface area contributed by atoms with Gasteiger partial charge in [0.1, 0.15) is 12.4 Å². The maximum absolute atomic E-state index is 13.3. The molecule has 0 radical (unpaired) electrons. The minimum atomic E-state index is -1.56. The highest BCUT2D eigenvalue weighted by molar-refractivity contribution is 5.81. The van der Waals surface area contributed by atoms with E-state index < -0.39 is 23.1 Å². The molecule has 1 aromatic heterocycles. The highest BCUT2D eigenvalue weighted by atomic mass is 19.2. The molecule has 0 saturated carbocycles. The Kier molecular flexibility index (Phi) is 6.40. The Morgan fingerprint density at radius 2 is 1.93 bits per heavy atom. The van der Waals surface area contributed by atoms with Crippen molar-refractivity contribution in [3.8, 4) is 5.88 Å². The van der Waals surface area contributed by atoms with Crippen molar-refractivity contribution in [2.24, 2.45) is 0 Å². The molecule has 2 aromatic rings. The zero-order chi connectivity index (χ0) is 21.0. The molecule has 0 unspecified atom stereocenters. The molecular formula is C19H21F3N4O3. The van der Waals surface area contributed by atoms with Gasteiger partial charge in [0.15, 0.2) is 17.5 Å². The molecule has 156 valence electrons. The van der Waals surface area contributed by atoms with Crippen molar-refractivity contribution >= 4 is 11.7 Å². The first-order valence-corrected chi connectivity index (χ1v) is 9.28. The fourth-order valence-corrected chi connectivity index (χ4v) is 3.06. The minimum absolute atomic E-state index is 0.0488. The van der Waals surface area contributed by atoms with E-state index in [1.807, 2.05) is 6.92 Å². The second-order valence-corrected chi connectivity index (χ2v) is 6.67. The maximum atomic E-state index is 13.3. The van der Waals surface area contributed by atoms with Gasteiger partial charge in [-0.3, -0.25) is 9.36 Å². The summed E-state index contributed by atoms with van der Waals surface area (Å²) >= 11 is 0. The molecule has 10 heteroatoms. The maximum Gasteiger partial charge on any atom is 0.352 e.